The third-order valence-corrected chi connectivity index (χ3v) is 3.83. The van der Waals surface area contributed by atoms with Crippen molar-refractivity contribution in [3.05, 3.63) is 85.3 Å². The van der Waals surface area contributed by atoms with Crippen LogP contribution >= 0.6 is 0 Å². The highest BCUT2D eigenvalue weighted by Gasteiger charge is 2.05. The Morgan fingerprint density at radius 1 is 0.609 bits per heavy atom. The lowest BCUT2D eigenvalue weighted by Crippen LogP contribution is -1.87. The Bertz CT molecular complexity index is 895. The number of hydrogen-bond acceptors (Lipinski definition) is 2. The van der Waals surface area contributed by atoms with Crippen molar-refractivity contribution in [1.29, 1.82) is 0 Å². The molecule has 0 bridgehead atoms. The molecule has 0 aliphatic carbocycles. The molecule has 2 aromatic carbocycles. The molecule has 0 fully saturated rings. The second-order valence-electron chi connectivity index (χ2n) is 5.31. The first kappa shape index (κ1) is 13.5. The van der Waals surface area contributed by atoms with Crippen molar-refractivity contribution < 1.29 is 0 Å². The quantitative estimate of drug-likeness (QED) is 0.590. The van der Waals surface area contributed by atoms with E-state index in [1.54, 1.807) is 12.4 Å². The monoisotopic (exact) mass is 297 g/mol. The first-order chi connectivity index (χ1) is 11.4. The van der Waals surface area contributed by atoms with Gasteiger partial charge in [0.25, 0.3) is 0 Å². The summed E-state index contributed by atoms with van der Waals surface area (Å²) in [6.07, 6.45) is 5.36. The smallest absolute Gasteiger partial charge is 0.155 e. The van der Waals surface area contributed by atoms with Gasteiger partial charge in [0.05, 0.1) is 0 Å². The molecule has 0 aliphatic heterocycles. The Balaban J connectivity index is 1.68. The maximum Gasteiger partial charge on any atom is 0.155 e. The molecule has 2 aromatic heterocycles. The Kier molecular flexibility index (Phi) is 3.45. The molecule has 0 atom stereocenters. The third-order valence-electron chi connectivity index (χ3n) is 3.83. The summed E-state index contributed by atoms with van der Waals surface area (Å²) < 4.78 is 0. The molecule has 3 heteroatoms. The van der Waals surface area contributed by atoms with Crippen LogP contribution in [0.3, 0.4) is 0 Å². The molecule has 0 spiro atoms. The van der Waals surface area contributed by atoms with Crippen LogP contribution in [0.2, 0.25) is 0 Å². The molecule has 110 valence electrons. The number of imidazole rings is 1. The van der Waals surface area contributed by atoms with Crippen LogP contribution in [0.25, 0.3) is 33.8 Å². The van der Waals surface area contributed by atoms with Crippen molar-refractivity contribution in [3.8, 4) is 33.8 Å². The number of hydrogen-bond donors (Lipinski definition) is 1. The summed E-state index contributed by atoms with van der Waals surface area (Å²) in [6, 6.07) is 23.0. The molecule has 0 radical (unpaired) electrons. The first-order valence-corrected chi connectivity index (χ1v) is 7.52. The predicted molar refractivity (Wildman–Crippen MR) is 92.7 cm³/mol. The molecule has 1 N–H and O–H groups in total. The maximum atomic E-state index is 4.38. The van der Waals surface area contributed by atoms with Crippen LogP contribution in [-0.4, -0.2) is 15.0 Å². The van der Waals surface area contributed by atoms with Crippen LogP contribution < -0.4 is 0 Å². The Morgan fingerprint density at radius 3 is 2.00 bits per heavy atom. The summed E-state index contributed by atoms with van der Waals surface area (Å²) in [5.41, 5.74) is 5.59. The molecular weight excluding hydrogens is 282 g/mol. The maximum absolute atomic E-state index is 4.38. The molecule has 0 saturated heterocycles. The Labute approximate surface area is 134 Å². The molecule has 0 saturated carbocycles. The second-order valence-corrected chi connectivity index (χ2v) is 5.31. The lowest BCUT2D eigenvalue weighted by atomic mass is 10.0. The van der Waals surface area contributed by atoms with Crippen molar-refractivity contribution in [2.24, 2.45) is 0 Å². The van der Waals surface area contributed by atoms with Gasteiger partial charge in [-0.15, -0.1) is 0 Å². The van der Waals surface area contributed by atoms with Crippen LogP contribution in [0, 0.1) is 0 Å². The molecule has 2 heterocycles. The van der Waals surface area contributed by atoms with E-state index in [2.05, 4.69) is 69.5 Å². The molecule has 23 heavy (non-hydrogen) atoms. The minimum absolute atomic E-state index is 0.785. The molecule has 0 amide bonds. The van der Waals surface area contributed by atoms with Crippen LogP contribution in [0.4, 0.5) is 0 Å². The Morgan fingerprint density at radius 2 is 1.30 bits per heavy atom. The first-order valence-electron chi connectivity index (χ1n) is 7.52. The van der Waals surface area contributed by atoms with E-state index >= 15 is 0 Å². The van der Waals surface area contributed by atoms with Crippen LogP contribution in [-0.2, 0) is 0 Å². The fraction of sp³-hybridized carbons (Fsp3) is 0. The fourth-order valence-corrected chi connectivity index (χ4v) is 2.63. The highest BCUT2D eigenvalue weighted by Crippen LogP contribution is 2.26. The van der Waals surface area contributed by atoms with Gasteiger partial charge in [0.2, 0.25) is 0 Å². The van der Waals surface area contributed by atoms with E-state index in [0.29, 0.717) is 0 Å². The second kappa shape index (κ2) is 5.89. The zero-order chi connectivity index (χ0) is 15.5. The normalized spacial score (nSPS) is 10.6. The SMILES string of the molecule is c1ccc(-c2ccc(-c3ccnc(-c4ncc[nH]4)c3)cc2)cc1. The summed E-state index contributed by atoms with van der Waals surface area (Å²) in [5.74, 6) is 0.785. The van der Waals surface area contributed by atoms with Gasteiger partial charge in [-0.3, -0.25) is 4.98 Å². The minimum atomic E-state index is 0.785. The molecule has 4 aromatic rings. The Hall–Kier alpha value is -3.20. The summed E-state index contributed by atoms with van der Waals surface area (Å²) in [6.45, 7) is 0. The largest absolute Gasteiger partial charge is 0.343 e. The van der Waals surface area contributed by atoms with E-state index in [1.807, 2.05) is 18.3 Å². The number of aromatic amines is 1. The van der Waals surface area contributed by atoms with E-state index in [4.69, 9.17) is 0 Å². The number of benzene rings is 2. The summed E-state index contributed by atoms with van der Waals surface area (Å²) in [5, 5.41) is 0. The lowest BCUT2D eigenvalue weighted by Gasteiger charge is -2.06. The number of H-pyrrole nitrogens is 1. The van der Waals surface area contributed by atoms with Crippen molar-refractivity contribution >= 4 is 0 Å². The van der Waals surface area contributed by atoms with Gasteiger partial charge in [0.15, 0.2) is 5.82 Å². The van der Waals surface area contributed by atoms with Gasteiger partial charge in [-0.1, -0.05) is 54.6 Å². The molecule has 0 aliphatic rings. The standard InChI is InChI=1S/C20H15N3/c1-2-4-15(5-3-1)16-6-8-17(9-7-16)18-10-11-21-19(14-18)20-22-12-13-23-20/h1-14H,(H,22,23). The van der Waals surface area contributed by atoms with E-state index in [0.717, 1.165) is 17.1 Å². The van der Waals surface area contributed by atoms with Crippen LogP contribution in [0.5, 0.6) is 0 Å². The number of nitrogens with one attached hydrogen (secondary N) is 1. The number of aromatic nitrogens is 3. The minimum Gasteiger partial charge on any atom is -0.343 e. The van der Waals surface area contributed by atoms with Gasteiger partial charge in [-0.25, -0.2) is 4.98 Å². The fourth-order valence-electron chi connectivity index (χ4n) is 2.63. The topological polar surface area (TPSA) is 41.6 Å². The lowest BCUT2D eigenvalue weighted by molar-refractivity contribution is 1.22. The summed E-state index contributed by atoms with van der Waals surface area (Å²) in [4.78, 5) is 11.7. The third kappa shape index (κ3) is 2.77. The molecule has 0 unspecified atom stereocenters. The van der Waals surface area contributed by atoms with Crippen LogP contribution in [0.1, 0.15) is 0 Å². The van der Waals surface area contributed by atoms with Gasteiger partial charge < -0.3 is 4.98 Å². The molecule has 4 rings (SSSR count). The van der Waals surface area contributed by atoms with Gasteiger partial charge >= 0.3 is 0 Å². The van der Waals surface area contributed by atoms with Gasteiger partial charge in [-0.05, 0) is 34.4 Å². The zero-order valence-electron chi connectivity index (χ0n) is 12.5. The van der Waals surface area contributed by atoms with Gasteiger partial charge in [0, 0.05) is 18.6 Å². The number of nitrogens with zero attached hydrogens (tertiary/aromatic N) is 2. The van der Waals surface area contributed by atoms with Crippen molar-refractivity contribution in [3.63, 3.8) is 0 Å². The zero-order valence-corrected chi connectivity index (χ0v) is 12.5. The highest BCUT2D eigenvalue weighted by molar-refractivity contribution is 5.72. The van der Waals surface area contributed by atoms with E-state index in [9.17, 15) is 0 Å². The van der Waals surface area contributed by atoms with Crippen molar-refractivity contribution in [2.45, 2.75) is 0 Å². The number of pyridine rings is 1. The predicted octanol–water partition coefficient (Wildman–Crippen LogP) is 4.81. The van der Waals surface area contributed by atoms with Gasteiger partial charge in [0.1, 0.15) is 5.69 Å². The van der Waals surface area contributed by atoms with Crippen molar-refractivity contribution in [1.82, 2.24) is 15.0 Å². The van der Waals surface area contributed by atoms with E-state index in [-0.39, 0.29) is 0 Å². The average molecular weight is 297 g/mol. The molecule has 3 nitrogen and oxygen atoms in total. The van der Waals surface area contributed by atoms with Crippen LogP contribution in [0.15, 0.2) is 85.3 Å². The average Bonchev–Trinajstić information content (AvgIpc) is 3.18. The summed E-state index contributed by atoms with van der Waals surface area (Å²) in [7, 11) is 0. The highest BCUT2D eigenvalue weighted by atomic mass is 14.9. The van der Waals surface area contributed by atoms with E-state index < -0.39 is 0 Å². The van der Waals surface area contributed by atoms with Gasteiger partial charge in [-0.2, -0.15) is 0 Å². The molecular formula is C20H15N3. The van der Waals surface area contributed by atoms with Crippen molar-refractivity contribution in [2.75, 3.05) is 0 Å². The summed E-state index contributed by atoms with van der Waals surface area (Å²) >= 11 is 0. The number of rotatable bonds is 3. The van der Waals surface area contributed by atoms with E-state index in [1.165, 1.54) is 16.7 Å².